The number of para-hydroxylation sites is 2. The Labute approximate surface area is 155 Å². The number of hydrogen-bond acceptors (Lipinski definition) is 6. The van der Waals surface area contributed by atoms with E-state index >= 15 is 0 Å². The Bertz CT molecular complexity index is 898. The minimum absolute atomic E-state index is 0.136. The lowest BCUT2D eigenvalue weighted by molar-refractivity contribution is -0.115. The summed E-state index contributed by atoms with van der Waals surface area (Å²) in [5, 5.41) is 11.2. The van der Waals surface area contributed by atoms with Crippen LogP contribution in [0.5, 0.6) is 5.75 Å². The summed E-state index contributed by atoms with van der Waals surface area (Å²) in [4.78, 5) is 12.4. The number of amides is 1. The number of nitrogens with one attached hydrogen (secondary N) is 1. The van der Waals surface area contributed by atoms with E-state index in [0.717, 1.165) is 11.3 Å². The highest BCUT2D eigenvalue weighted by molar-refractivity contribution is 8.00. The van der Waals surface area contributed by atoms with E-state index in [1.165, 1.54) is 16.4 Å². The zero-order chi connectivity index (χ0) is 18.5. The van der Waals surface area contributed by atoms with E-state index in [-0.39, 0.29) is 5.91 Å². The van der Waals surface area contributed by atoms with Crippen molar-refractivity contribution in [2.24, 2.45) is 0 Å². The third kappa shape index (κ3) is 3.80. The van der Waals surface area contributed by atoms with Gasteiger partial charge in [-0.1, -0.05) is 42.1 Å². The van der Waals surface area contributed by atoms with Gasteiger partial charge in [-0.25, -0.2) is 4.68 Å². The molecule has 3 rings (SSSR count). The van der Waals surface area contributed by atoms with Gasteiger partial charge in [0.2, 0.25) is 11.1 Å². The number of benzene rings is 2. The van der Waals surface area contributed by atoms with Crippen molar-refractivity contribution in [3.8, 4) is 17.1 Å². The number of hydrogen-bond donors (Lipinski definition) is 2. The molecule has 2 aromatic carbocycles. The van der Waals surface area contributed by atoms with Crippen LogP contribution in [0, 0.1) is 0 Å². The van der Waals surface area contributed by atoms with Gasteiger partial charge < -0.3 is 15.9 Å². The maximum atomic E-state index is 12.4. The molecule has 3 aromatic rings. The number of carbonyl (C=O) groups excluding carboxylic acids is 1. The van der Waals surface area contributed by atoms with E-state index in [4.69, 9.17) is 10.6 Å². The minimum Gasteiger partial charge on any atom is -0.496 e. The second-order valence-electron chi connectivity index (χ2n) is 5.49. The van der Waals surface area contributed by atoms with Crippen LogP contribution in [0.3, 0.4) is 0 Å². The van der Waals surface area contributed by atoms with Crippen molar-refractivity contribution in [2.45, 2.75) is 17.3 Å². The molecule has 134 valence electrons. The molecular formula is C18H19N5O2S. The fourth-order valence-electron chi connectivity index (χ4n) is 2.35. The monoisotopic (exact) mass is 369 g/mol. The zero-order valence-corrected chi connectivity index (χ0v) is 15.2. The van der Waals surface area contributed by atoms with E-state index in [9.17, 15) is 4.79 Å². The predicted octanol–water partition coefficient (Wildman–Crippen LogP) is 2.79. The molecule has 0 spiro atoms. The second-order valence-corrected chi connectivity index (χ2v) is 6.80. The summed E-state index contributed by atoms with van der Waals surface area (Å²) in [6, 6.07) is 16.7. The van der Waals surface area contributed by atoms with Gasteiger partial charge in [-0.3, -0.25) is 4.79 Å². The highest BCUT2D eigenvalue weighted by atomic mass is 32.2. The second kappa shape index (κ2) is 7.92. The molecular weight excluding hydrogens is 350 g/mol. The van der Waals surface area contributed by atoms with Crippen molar-refractivity contribution in [3.05, 3.63) is 54.6 Å². The number of nitrogens with two attached hydrogens (primary N) is 1. The molecule has 0 saturated carbocycles. The van der Waals surface area contributed by atoms with Gasteiger partial charge in [0, 0.05) is 5.69 Å². The van der Waals surface area contributed by atoms with Gasteiger partial charge in [0.15, 0.2) is 5.82 Å². The van der Waals surface area contributed by atoms with Gasteiger partial charge in [-0.2, -0.15) is 0 Å². The normalized spacial score (nSPS) is 11.8. The first-order valence-corrected chi connectivity index (χ1v) is 8.84. The first kappa shape index (κ1) is 17.8. The lowest BCUT2D eigenvalue weighted by Crippen LogP contribution is -2.23. The summed E-state index contributed by atoms with van der Waals surface area (Å²) in [6.45, 7) is 1.79. The minimum atomic E-state index is -0.396. The summed E-state index contributed by atoms with van der Waals surface area (Å²) in [7, 11) is 1.59. The quantitative estimate of drug-likeness (QED) is 0.512. The fraction of sp³-hybridized carbons (Fsp3) is 0.167. The van der Waals surface area contributed by atoms with Crippen LogP contribution in [-0.2, 0) is 4.79 Å². The largest absolute Gasteiger partial charge is 0.496 e. The van der Waals surface area contributed by atoms with Crippen molar-refractivity contribution >= 4 is 23.4 Å². The molecule has 0 radical (unpaired) electrons. The number of nitrogens with zero attached hydrogens (tertiary/aromatic N) is 3. The number of methoxy groups -OCH3 is 1. The summed E-state index contributed by atoms with van der Waals surface area (Å²) < 4.78 is 6.71. The molecule has 1 unspecified atom stereocenters. The number of nitrogen functional groups attached to an aromatic ring is 1. The van der Waals surface area contributed by atoms with Gasteiger partial charge >= 0.3 is 0 Å². The number of rotatable bonds is 6. The van der Waals surface area contributed by atoms with Crippen LogP contribution in [-0.4, -0.2) is 33.1 Å². The van der Waals surface area contributed by atoms with Crippen molar-refractivity contribution in [1.29, 1.82) is 0 Å². The summed E-state index contributed by atoms with van der Waals surface area (Å²) in [5.41, 5.74) is 1.48. The average molecular weight is 369 g/mol. The fourth-order valence-corrected chi connectivity index (χ4v) is 3.12. The lowest BCUT2D eigenvalue weighted by atomic mass is 10.2. The van der Waals surface area contributed by atoms with Crippen LogP contribution in [0.15, 0.2) is 59.8 Å². The molecule has 1 atom stereocenters. The molecule has 3 N–H and O–H groups in total. The molecule has 1 amide bonds. The van der Waals surface area contributed by atoms with Crippen molar-refractivity contribution in [3.63, 3.8) is 0 Å². The summed E-state index contributed by atoms with van der Waals surface area (Å²) in [6.07, 6.45) is 0. The van der Waals surface area contributed by atoms with Gasteiger partial charge in [0.25, 0.3) is 0 Å². The molecule has 8 heteroatoms. The van der Waals surface area contributed by atoms with Crippen molar-refractivity contribution in [1.82, 2.24) is 14.9 Å². The Balaban J connectivity index is 1.75. The Hall–Kier alpha value is -3.00. The standard InChI is InChI=1S/C18H19N5O2S/c1-12(17(24)20-13-8-4-3-5-9-13)26-18-22-21-16(23(18)19)14-10-6-7-11-15(14)25-2/h3-12H,19H2,1-2H3,(H,20,24). The number of carbonyl (C=O) groups is 1. The molecule has 0 saturated heterocycles. The highest BCUT2D eigenvalue weighted by Gasteiger charge is 2.21. The smallest absolute Gasteiger partial charge is 0.237 e. The Kier molecular flexibility index (Phi) is 5.43. The molecule has 7 nitrogen and oxygen atoms in total. The SMILES string of the molecule is COc1ccccc1-c1nnc(SC(C)C(=O)Nc2ccccc2)n1N. The number of aromatic nitrogens is 3. The van der Waals surface area contributed by atoms with Crippen LogP contribution in [0.2, 0.25) is 0 Å². The van der Waals surface area contributed by atoms with Crippen LogP contribution in [0.25, 0.3) is 11.4 Å². The summed E-state index contributed by atoms with van der Waals surface area (Å²) >= 11 is 1.24. The first-order chi connectivity index (χ1) is 12.6. The number of ether oxygens (including phenoxy) is 1. The topological polar surface area (TPSA) is 95.1 Å². The molecule has 0 aliphatic carbocycles. The average Bonchev–Trinajstić information content (AvgIpc) is 3.02. The molecule has 0 fully saturated rings. The van der Waals surface area contributed by atoms with E-state index < -0.39 is 5.25 Å². The van der Waals surface area contributed by atoms with Gasteiger partial charge in [0.05, 0.1) is 17.9 Å². The van der Waals surface area contributed by atoms with E-state index in [1.54, 1.807) is 14.0 Å². The molecule has 1 aromatic heterocycles. The highest BCUT2D eigenvalue weighted by Crippen LogP contribution is 2.30. The Morgan fingerprint density at radius 1 is 1.15 bits per heavy atom. The molecule has 1 heterocycles. The molecule has 26 heavy (non-hydrogen) atoms. The zero-order valence-electron chi connectivity index (χ0n) is 14.4. The molecule has 0 bridgehead atoms. The van der Waals surface area contributed by atoms with E-state index in [2.05, 4.69) is 15.5 Å². The third-order valence-electron chi connectivity index (χ3n) is 3.71. The number of thioether (sulfide) groups is 1. The van der Waals surface area contributed by atoms with E-state index in [1.807, 2.05) is 54.6 Å². The lowest BCUT2D eigenvalue weighted by Gasteiger charge is -2.12. The molecule has 0 aliphatic heterocycles. The maximum Gasteiger partial charge on any atom is 0.237 e. The van der Waals surface area contributed by atoms with Crippen LogP contribution < -0.4 is 15.9 Å². The Morgan fingerprint density at radius 3 is 2.58 bits per heavy atom. The van der Waals surface area contributed by atoms with Crippen LogP contribution in [0.4, 0.5) is 5.69 Å². The van der Waals surface area contributed by atoms with Crippen LogP contribution in [0.1, 0.15) is 6.92 Å². The Morgan fingerprint density at radius 2 is 1.85 bits per heavy atom. The summed E-state index contributed by atoms with van der Waals surface area (Å²) in [5.74, 6) is 7.13. The van der Waals surface area contributed by atoms with Gasteiger partial charge in [-0.05, 0) is 31.2 Å². The number of anilines is 1. The first-order valence-electron chi connectivity index (χ1n) is 7.96. The van der Waals surface area contributed by atoms with Crippen molar-refractivity contribution in [2.75, 3.05) is 18.3 Å². The van der Waals surface area contributed by atoms with Gasteiger partial charge in [-0.15, -0.1) is 10.2 Å². The maximum absolute atomic E-state index is 12.4. The molecule has 0 aliphatic rings. The predicted molar refractivity (Wildman–Crippen MR) is 103 cm³/mol. The van der Waals surface area contributed by atoms with Crippen LogP contribution >= 0.6 is 11.8 Å². The van der Waals surface area contributed by atoms with E-state index in [0.29, 0.717) is 16.7 Å². The van der Waals surface area contributed by atoms with Gasteiger partial charge in [0.1, 0.15) is 5.75 Å². The third-order valence-corrected chi connectivity index (χ3v) is 4.76. The van der Waals surface area contributed by atoms with Crippen molar-refractivity contribution < 1.29 is 9.53 Å².